The second-order valence-electron chi connectivity index (χ2n) is 12.1. The number of hydrogen-bond acceptors (Lipinski definition) is 6. The number of amides is 1. The Morgan fingerprint density at radius 3 is 2.67 bits per heavy atom. The molecule has 4 fully saturated rings. The van der Waals surface area contributed by atoms with Gasteiger partial charge in [0.25, 0.3) is 5.91 Å². The van der Waals surface area contributed by atoms with Crippen LogP contribution in [0.3, 0.4) is 0 Å². The SMILES string of the molecule is C#C[C@@]1(O)CC[C@@H]2[C@@H]3CCC4=C/C(=N\OCC(=O)N5C[C@H](O)C[C@H]5C(=O)O)CC[C@]4(C)[C@H]3CC[C@@]21C. The molecular formula is C28H38N2O6. The van der Waals surface area contributed by atoms with Crippen molar-refractivity contribution in [3.8, 4) is 12.3 Å². The topological polar surface area (TPSA) is 120 Å². The molecule has 0 aromatic heterocycles. The first-order valence-electron chi connectivity index (χ1n) is 13.3. The molecule has 1 heterocycles. The highest BCUT2D eigenvalue weighted by Crippen LogP contribution is 2.67. The minimum atomic E-state index is -1.12. The molecule has 8 nitrogen and oxygen atoms in total. The number of β-amino-alcohol motifs (C(OH)–C–C–N with tert-alkyl or cyclic N) is 1. The molecule has 8 atom stereocenters. The third-order valence-electron chi connectivity index (χ3n) is 10.6. The maximum absolute atomic E-state index is 12.5. The van der Waals surface area contributed by atoms with Crippen LogP contribution in [0.2, 0.25) is 0 Å². The number of likely N-dealkylation sites (tertiary alicyclic amines) is 1. The largest absolute Gasteiger partial charge is 0.480 e. The maximum Gasteiger partial charge on any atom is 0.326 e. The zero-order valence-electron chi connectivity index (χ0n) is 21.3. The van der Waals surface area contributed by atoms with E-state index in [9.17, 15) is 24.9 Å². The average molecular weight is 499 g/mol. The fourth-order valence-corrected chi connectivity index (χ4v) is 8.47. The van der Waals surface area contributed by atoms with Crippen LogP contribution in [-0.4, -0.2) is 68.7 Å². The molecule has 0 aromatic rings. The molecule has 5 rings (SSSR count). The molecule has 1 amide bonds. The Kier molecular flexibility index (Phi) is 6.24. The van der Waals surface area contributed by atoms with E-state index in [0.717, 1.165) is 55.6 Å². The van der Waals surface area contributed by atoms with Gasteiger partial charge in [-0.25, -0.2) is 4.79 Å². The van der Waals surface area contributed by atoms with E-state index in [1.165, 1.54) is 5.57 Å². The standard InChI is InChI=1S/C28H38N2O6/c1-4-28(35)12-9-22-20-6-5-17-13-18(7-10-26(17,2)21(20)8-11-27(22,28)3)29-36-16-24(32)30-15-19(31)14-23(30)25(33)34/h1,13,19-23,31,35H,5-12,14-16H2,2-3H3,(H,33,34)/b29-18-/t19-,20-,21+,22-,23+,26+,27+,28-/m1/s1. The Bertz CT molecular complexity index is 1050. The summed E-state index contributed by atoms with van der Waals surface area (Å²) >= 11 is 0. The fraction of sp³-hybridized carbons (Fsp3) is 0.750. The summed E-state index contributed by atoms with van der Waals surface area (Å²) in [5, 5.41) is 34.5. The third kappa shape index (κ3) is 3.78. The lowest BCUT2D eigenvalue weighted by Gasteiger charge is -2.58. The van der Waals surface area contributed by atoms with Gasteiger partial charge >= 0.3 is 5.97 Å². The van der Waals surface area contributed by atoms with Crippen LogP contribution in [0.5, 0.6) is 0 Å². The quantitative estimate of drug-likeness (QED) is 0.405. The van der Waals surface area contributed by atoms with Gasteiger partial charge in [0.05, 0.1) is 11.8 Å². The van der Waals surface area contributed by atoms with Gasteiger partial charge in [-0.05, 0) is 80.6 Å². The van der Waals surface area contributed by atoms with Crippen LogP contribution in [0.15, 0.2) is 16.8 Å². The molecular weight excluding hydrogens is 460 g/mol. The van der Waals surface area contributed by atoms with Crippen LogP contribution in [0.25, 0.3) is 0 Å². The van der Waals surface area contributed by atoms with Crippen LogP contribution in [0.1, 0.15) is 71.6 Å². The Balaban J connectivity index is 1.25. The van der Waals surface area contributed by atoms with Crippen molar-refractivity contribution in [3.63, 3.8) is 0 Å². The number of carboxylic acid groups (broad SMARTS) is 1. The van der Waals surface area contributed by atoms with Crippen LogP contribution < -0.4 is 0 Å². The molecule has 0 spiro atoms. The summed E-state index contributed by atoms with van der Waals surface area (Å²) in [6, 6.07) is -1.02. The van der Waals surface area contributed by atoms with Gasteiger partial charge in [-0.15, -0.1) is 6.42 Å². The summed E-state index contributed by atoms with van der Waals surface area (Å²) in [7, 11) is 0. The van der Waals surface area contributed by atoms with E-state index in [2.05, 4.69) is 31.0 Å². The molecule has 0 bridgehead atoms. The van der Waals surface area contributed by atoms with Gasteiger partial charge in [0.2, 0.25) is 0 Å². The highest BCUT2D eigenvalue weighted by Gasteiger charge is 2.63. The summed E-state index contributed by atoms with van der Waals surface area (Å²) in [5.41, 5.74) is 1.11. The van der Waals surface area contributed by atoms with Crippen LogP contribution in [0.4, 0.5) is 0 Å². The number of terminal acetylenes is 1. The zero-order chi connectivity index (χ0) is 25.9. The minimum Gasteiger partial charge on any atom is -0.480 e. The van der Waals surface area contributed by atoms with Crippen molar-refractivity contribution in [2.45, 2.75) is 89.4 Å². The Morgan fingerprint density at radius 1 is 1.19 bits per heavy atom. The van der Waals surface area contributed by atoms with E-state index in [1.54, 1.807) is 0 Å². The highest BCUT2D eigenvalue weighted by atomic mass is 16.6. The summed E-state index contributed by atoms with van der Waals surface area (Å²) < 4.78 is 0. The van der Waals surface area contributed by atoms with Crippen molar-refractivity contribution in [2.24, 2.45) is 33.7 Å². The van der Waals surface area contributed by atoms with Gasteiger partial charge in [0, 0.05) is 18.4 Å². The number of hydrogen-bond donors (Lipinski definition) is 3. The van der Waals surface area contributed by atoms with Crippen LogP contribution in [-0.2, 0) is 14.4 Å². The smallest absolute Gasteiger partial charge is 0.326 e. The molecule has 1 saturated heterocycles. The van der Waals surface area contributed by atoms with Gasteiger partial charge in [0.1, 0.15) is 11.6 Å². The first-order valence-corrected chi connectivity index (χ1v) is 13.3. The van der Waals surface area contributed by atoms with E-state index in [1.807, 2.05) is 0 Å². The van der Waals surface area contributed by atoms with Gasteiger partial charge in [-0.2, -0.15) is 0 Å². The lowest BCUT2D eigenvalue weighted by atomic mass is 9.46. The number of carboxylic acids is 1. The molecule has 0 radical (unpaired) electrons. The van der Waals surface area contributed by atoms with E-state index in [4.69, 9.17) is 11.3 Å². The first-order chi connectivity index (χ1) is 17.0. The third-order valence-corrected chi connectivity index (χ3v) is 10.6. The zero-order valence-corrected chi connectivity index (χ0v) is 21.3. The van der Waals surface area contributed by atoms with Crippen molar-refractivity contribution in [1.82, 2.24) is 4.90 Å². The number of carbonyl (C=O) groups is 2. The summed E-state index contributed by atoms with van der Waals surface area (Å²) in [6.07, 6.45) is 14.7. The number of aliphatic hydroxyl groups is 2. The van der Waals surface area contributed by atoms with Crippen molar-refractivity contribution in [2.75, 3.05) is 13.2 Å². The molecule has 3 saturated carbocycles. The number of rotatable bonds is 4. The van der Waals surface area contributed by atoms with E-state index >= 15 is 0 Å². The Labute approximate surface area is 212 Å². The van der Waals surface area contributed by atoms with Crippen molar-refractivity contribution in [3.05, 3.63) is 11.6 Å². The lowest BCUT2D eigenvalue weighted by molar-refractivity contribution is -0.150. The predicted molar refractivity (Wildman–Crippen MR) is 133 cm³/mol. The predicted octanol–water partition coefficient (Wildman–Crippen LogP) is 2.73. The second kappa shape index (κ2) is 8.88. The van der Waals surface area contributed by atoms with Crippen molar-refractivity contribution in [1.29, 1.82) is 0 Å². The lowest BCUT2D eigenvalue weighted by Crippen LogP contribution is -2.54. The molecule has 0 aromatic carbocycles. The Hall–Kier alpha value is -2.37. The van der Waals surface area contributed by atoms with Crippen molar-refractivity contribution < 1.29 is 29.7 Å². The molecule has 8 heteroatoms. The number of carbonyl (C=O) groups excluding carboxylic acids is 1. The van der Waals surface area contributed by atoms with Crippen LogP contribution >= 0.6 is 0 Å². The normalized spacial score (nSPS) is 44.8. The number of fused-ring (bicyclic) bond motifs is 5. The summed E-state index contributed by atoms with van der Waals surface area (Å²) in [5.74, 6) is 2.73. The number of aliphatic hydroxyl groups excluding tert-OH is 1. The maximum atomic E-state index is 12.5. The molecule has 3 N–H and O–H groups in total. The van der Waals surface area contributed by atoms with Crippen LogP contribution in [0, 0.1) is 40.9 Å². The Morgan fingerprint density at radius 2 is 1.94 bits per heavy atom. The number of allylic oxidation sites excluding steroid dienone is 2. The average Bonchev–Trinajstić information content (AvgIpc) is 3.37. The second-order valence-corrected chi connectivity index (χ2v) is 12.1. The van der Waals surface area contributed by atoms with Gasteiger partial charge in [-0.3, -0.25) is 4.79 Å². The number of nitrogens with zero attached hydrogens (tertiary/aromatic N) is 2. The first kappa shape index (κ1) is 25.3. The molecule has 5 aliphatic rings. The molecule has 4 aliphatic carbocycles. The summed E-state index contributed by atoms with van der Waals surface area (Å²) in [4.78, 5) is 30.4. The number of aliphatic carboxylic acids is 1. The minimum absolute atomic E-state index is 0.000520. The van der Waals surface area contributed by atoms with Crippen molar-refractivity contribution >= 4 is 17.6 Å². The van der Waals surface area contributed by atoms with Gasteiger partial charge < -0.3 is 25.1 Å². The molecule has 196 valence electrons. The molecule has 1 aliphatic heterocycles. The van der Waals surface area contributed by atoms with Gasteiger partial charge in [-0.1, -0.05) is 30.5 Å². The van der Waals surface area contributed by atoms with Gasteiger partial charge in [0.15, 0.2) is 6.61 Å². The molecule has 0 unspecified atom stereocenters. The summed E-state index contributed by atoms with van der Waals surface area (Å²) in [6.45, 7) is 4.25. The highest BCUT2D eigenvalue weighted by molar-refractivity contribution is 5.96. The monoisotopic (exact) mass is 498 g/mol. The number of oxime groups is 1. The fourth-order valence-electron chi connectivity index (χ4n) is 8.47. The van der Waals surface area contributed by atoms with E-state index in [0.29, 0.717) is 24.2 Å². The van der Waals surface area contributed by atoms with E-state index in [-0.39, 0.29) is 30.4 Å². The van der Waals surface area contributed by atoms with E-state index < -0.39 is 29.6 Å². The molecule has 36 heavy (non-hydrogen) atoms.